The molecule has 110 valence electrons. The summed E-state index contributed by atoms with van der Waals surface area (Å²) in [6.07, 6.45) is 4.23. The number of hydrogen-bond donors (Lipinski definition) is 1. The Kier molecular flexibility index (Phi) is 4.54. The Labute approximate surface area is 120 Å². The van der Waals surface area contributed by atoms with Gasteiger partial charge >= 0.3 is 0 Å². The maximum absolute atomic E-state index is 6.29. The maximum Gasteiger partial charge on any atom is 0.138 e. The Balaban J connectivity index is 2.05. The first-order chi connectivity index (χ1) is 9.52. The zero-order valence-corrected chi connectivity index (χ0v) is 12.8. The van der Waals surface area contributed by atoms with Crippen LogP contribution in [0.25, 0.3) is 0 Å². The van der Waals surface area contributed by atoms with Gasteiger partial charge in [0.2, 0.25) is 0 Å². The largest absolute Gasteiger partial charge is 0.327 e. The van der Waals surface area contributed by atoms with Crippen molar-refractivity contribution in [2.45, 2.75) is 52.6 Å². The summed E-state index contributed by atoms with van der Waals surface area (Å²) >= 11 is 0. The smallest absolute Gasteiger partial charge is 0.138 e. The van der Waals surface area contributed by atoms with Crippen LogP contribution in [0.5, 0.6) is 0 Å². The van der Waals surface area contributed by atoms with Crippen LogP contribution < -0.4 is 5.73 Å². The molecule has 0 bridgehead atoms. The van der Waals surface area contributed by atoms with Crippen molar-refractivity contribution in [1.29, 1.82) is 0 Å². The van der Waals surface area contributed by atoms with Crippen molar-refractivity contribution in [1.82, 2.24) is 24.5 Å². The molecule has 6 heteroatoms. The van der Waals surface area contributed by atoms with E-state index in [2.05, 4.69) is 29.0 Å². The molecule has 0 saturated carbocycles. The molecule has 0 fully saturated rings. The predicted molar refractivity (Wildman–Crippen MR) is 78.4 cm³/mol. The van der Waals surface area contributed by atoms with Gasteiger partial charge in [0.1, 0.15) is 12.2 Å². The van der Waals surface area contributed by atoms with Crippen LogP contribution in [0.1, 0.15) is 36.1 Å². The van der Waals surface area contributed by atoms with E-state index < -0.39 is 0 Å². The summed E-state index contributed by atoms with van der Waals surface area (Å²) in [6, 6.07) is 0.0383. The molecule has 2 heterocycles. The molecule has 0 aliphatic rings. The summed E-state index contributed by atoms with van der Waals surface area (Å²) in [4.78, 5) is 4.32. The van der Waals surface area contributed by atoms with E-state index in [1.807, 2.05) is 23.3 Å². The van der Waals surface area contributed by atoms with E-state index in [9.17, 15) is 0 Å². The Morgan fingerprint density at radius 2 is 2.05 bits per heavy atom. The molecule has 2 aromatic rings. The Bertz CT molecular complexity index is 568. The predicted octanol–water partition coefficient (Wildman–Crippen LogP) is 1.15. The molecule has 0 spiro atoms. The minimum Gasteiger partial charge on any atom is -0.327 e. The topological polar surface area (TPSA) is 74.6 Å². The molecule has 6 nitrogen and oxygen atoms in total. The molecule has 2 N–H and O–H groups in total. The van der Waals surface area contributed by atoms with E-state index in [0.29, 0.717) is 0 Å². The standard InChI is InChI=1S/C14H24N6/c1-5-6-20-14(16-9-17-20)8-12(15)7-13-10(2)18-19(4)11(13)3/h9,12H,5-8,15H2,1-4H3. The van der Waals surface area contributed by atoms with Gasteiger partial charge in [0.25, 0.3) is 0 Å². The third-order valence-electron chi connectivity index (χ3n) is 3.70. The highest BCUT2D eigenvalue weighted by atomic mass is 15.3. The van der Waals surface area contributed by atoms with Gasteiger partial charge in [0, 0.05) is 31.7 Å². The highest BCUT2D eigenvalue weighted by Crippen LogP contribution is 2.15. The summed E-state index contributed by atoms with van der Waals surface area (Å²) in [7, 11) is 1.97. The number of rotatable bonds is 6. The third-order valence-corrected chi connectivity index (χ3v) is 3.70. The SMILES string of the molecule is CCCn1ncnc1CC(N)Cc1c(C)nn(C)c1C. The van der Waals surface area contributed by atoms with Gasteiger partial charge < -0.3 is 5.73 Å². The van der Waals surface area contributed by atoms with Crippen molar-refractivity contribution >= 4 is 0 Å². The van der Waals surface area contributed by atoms with Crippen LogP contribution >= 0.6 is 0 Å². The van der Waals surface area contributed by atoms with Crippen molar-refractivity contribution in [3.05, 3.63) is 29.1 Å². The van der Waals surface area contributed by atoms with E-state index in [1.54, 1.807) is 6.33 Å². The minimum atomic E-state index is 0.0383. The summed E-state index contributed by atoms with van der Waals surface area (Å²) in [5.74, 6) is 0.971. The molecule has 0 saturated heterocycles. The lowest BCUT2D eigenvalue weighted by Crippen LogP contribution is -2.28. The van der Waals surface area contributed by atoms with E-state index in [-0.39, 0.29) is 6.04 Å². The van der Waals surface area contributed by atoms with E-state index in [4.69, 9.17) is 5.73 Å². The molecule has 20 heavy (non-hydrogen) atoms. The summed E-state index contributed by atoms with van der Waals surface area (Å²) in [5.41, 5.74) is 9.80. The van der Waals surface area contributed by atoms with Gasteiger partial charge in [-0.2, -0.15) is 10.2 Å². The van der Waals surface area contributed by atoms with Crippen molar-refractivity contribution in [2.24, 2.45) is 12.8 Å². The maximum atomic E-state index is 6.29. The van der Waals surface area contributed by atoms with Gasteiger partial charge in [-0.3, -0.25) is 9.36 Å². The van der Waals surface area contributed by atoms with Crippen LogP contribution in [-0.4, -0.2) is 30.6 Å². The average Bonchev–Trinajstić information content (AvgIpc) is 2.91. The van der Waals surface area contributed by atoms with E-state index >= 15 is 0 Å². The number of aryl methyl sites for hydroxylation is 3. The van der Waals surface area contributed by atoms with Gasteiger partial charge in [-0.05, 0) is 32.3 Å². The van der Waals surface area contributed by atoms with Crippen LogP contribution in [0.4, 0.5) is 0 Å². The number of nitrogens with two attached hydrogens (primary N) is 1. The molecular weight excluding hydrogens is 252 g/mol. The van der Waals surface area contributed by atoms with Crippen molar-refractivity contribution in [2.75, 3.05) is 0 Å². The Morgan fingerprint density at radius 3 is 2.65 bits per heavy atom. The van der Waals surface area contributed by atoms with Crippen LogP contribution in [0.15, 0.2) is 6.33 Å². The van der Waals surface area contributed by atoms with Crippen molar-refractivity contribution in [3.8, 4) is 0 Å². The molecule has 1 unspecified atom stereocenters. The van der Waals surface area contributed by atoms with Crippen LogP contribution in [0, 0.1) is 13.8 Å². The number of nitrogens with zero attached hydrogens (tertiary/aromatic N) is 5. The molecule has 2 aromatic heterocycles. The van der Waals surface area contributed by atoms with Crippen molar-refractivity contribution < 1.29 is 0 Å². The zero-order valence-electron chi connectivity index (χ0n) is 12.8. The van der Waals surface area contributed by atoms with Gasteiger partial charge in [-0.1, -0.05) is 6.92 Å². The molecule has 0 radical (unpaired) electrons. The zero-order chi connectivity index (χ0) is 14.7. The van der Waals surface area contributed by atoms with Gasteiger partial charge in [0.05, 0.1) is 5.69 Å². The first kappa shape index (κ1) is 14.7. The Hall–Kier alpha value is -1.69. The number of aromatic nitrogens is 5. The minimum absolute atomic E-state index is 0.0383. The lowest BCUT2D eigenvalue weighted by molar-refractivity contribution is 0.539. The van der Waals surface area contributed by atoms with Gasteiger partial charge in [0.15, 0.2) is 0 Å². The summed E-state index contributed by atoms with van der Waals surface area (Å²) in [5, 5.41) is 8.67. The third kappa shape index (κ3) is 3.07. The van der Waals surface area contributed by atoms with Crippen LogP contribution in [-0.2, 0) is 26.4 Å². The lowest BCUT2D eigenvalue weighted by Gasteiger charge is -2.12. The fraction of sp³-hybridized carbons (Fsp3) is 0.643. The highest BCUT2D eigenvalue weighted by Gasteiger charge is 2.15. The second kappa shape index (κ2) is 6.17. The highest BCUT2D eigenvalue weighted by molar-refractivity contribution is 5.25. The van der Waals surface area contributed by atoms with Crippen molar-refractivity contribution in [3.63, 3.8) is 0 Å². The fourth-order valence-electron chi connectivity index (χ4n) is 2.53. The lowest BCUT2D eigenvalue weighted by atomic mass is 10.0. The molecule has 0 amide bonds. The molecule has 0 aromatic carbocycles. The monoisotopic (exact) mass is 276 g/mol. The van der Waals surface area contributed by atoms with Crippen LogP contribution in [0.3, 0.4) is 0 Å². The second-order valence-electron chi connectivity index (χ2n) is 5.34. The molecule has 2 rings (SSSR count). The second-order valence-corrected chi connectivity index (χ2v) is 5.34. The molecule has 0 aliphatic carbocycles. The molecule has 1 atom stereocenters. The normalized spacial score (nSPS) is 12.8. The molecular formula is C14H24N6. The van der Waals surface area contributed by atoms with E-state index in [1.165, 1.54) is 11.3 Å². The first-order valence-electron chi connectivity index (χ1n) is 7.14. The summed E-state index contributed by atoms with van der Waals surface area (Å²) in [6.45, 7) is 7.15. The van der Waals surface area contributed by atoms with E-state index in [0.717, 1.165) is 37.3 Å². The quantitative estimate of drug-likeness (QED) is 0.859. The fourth-order valence-corrected chi connectivity index (χ4v) is 2.53. The molecule has 0 aliphatic heterocycles. The van der Waals surface area contributed by atoms with Gasteiger partial charge in [-0.25, -0.2) is 4.98 Å². The first-order valence-corrected chi connectivity index (χ1v) is 7.14. The average molecular weight is 276 g/mol. The number of hydrogen-bond acceptors (Lipinski definition) is 4. The Morgan fingerprint density at radius 1 is 1.30 bits per heavy atom. The van der Waals surface area contributed by atoms with Crippen LogP contribution in [0.2, 0.25) is 0 Å². The van der Waals surface area contributed by atoms with Gasteiger partial charge in [-0.15, -0.1) is 0 Å². The summed E-state index contributed by atoms with van der Waals surface area (Å²) < 4.78 is 3.86.